The Balaban J connectivity index is 1.42. The highest BCUT2D eigenvalue weighted by Gasteiger charge is 2.19. The summed E-state index contributed by atoms with van der Waals surface area (Å²) in [7, 11) is 2.20. The molecule has 32 heavy (non-hydrogen) atoms. The molecular formula is C26H36N4O2. The molecule has 1 N–H and O–H groups in total. The van der Waals surface area contributed by atoms with Crippen LogP contribution in [0.2, 0.25) is 0 Å². The number of phenols is 1. The molecule has 1 aromatic heterocycles. The van der Waals surface area contributed by atoms with Crippen molar-refractivity contribution >= 4 is 17.0 Å². The highest BCUT2D eigenvalue weighted by Crippen LogP contribution is 2.32. The first kappa shape index (κ1) is 22.5. The standard InChI is InChI=1S/C26H36N4O2/c1-19-18-24(20(2)21(3)25(19)31)32-17-8-7-14-30-23-11-6-5-10-22(23)27-26(30)29-13-9-12-28(4)15-16-29/h5-6,10-11,18,31H,7-9,12-17H2,1-4H3. The van der Waals surface area contributed by atoms with Crippen LogP contribution < -0.4 is 9.64 Å². The quantitative estimate of drug-likeness (QED) is 0.546. The largest absolute Gasteiger partial charge is 0.507 e. The molecule has 3 aromatic rings. The normalized spacial score (nSPS) is 15.3. The average molecular weight is 437 g/mol. The number of rotatable bonds is 7. The Bertz CT molecular complexity index is 1080. The van der Waals surface area contributed by atoms with E-state index >= 15 is 0 Å². The molecule has 6 heteroatoms. The maximum atomic E-state index is 10.1. The van der Waals surface area contributed by atoms with Gasteiger partial charge in [0.15, 0.2) is 0 Å². The number of para-hydroxylation sites is 2. The first-order chi connectivity index (χ1) is 15.5. The van der Waals surface area contributed by atoms with E-state index in [0.717, 1.165) is 79.5 Å². The number of likely N-dealkylation sites (N-methyl/N-ethyl adjacent to an activating group) is 1. The molecule has 2 heterocycles. The van der Waals surface area contributed by atoms with Gasteiger partial charge < -0.3 is 24.2 Å². The zero-order valence-corrected chi connectivity index (χ0v) is 19.9. The number of nitrogens with zero attached hydrogens (tertiary/aromatic N) is 4. The molecule has 0 amide bonds. The van der Waals surface area contributed by atoms with Crippen molar-refractivity contribution in [1.82, 2.24) is 14.5 Å². The number of ether oxygens (including phenoxy) is 1. The van der Waals surface area contributed by atoms with Crippen LogP contribution in [0.4, 0.5) is 5.95 Å². The molecule has 0 saturated carbocycles. The summed E-state index contributed by atoms with van der Waals surface area (Å²) in [6.07, 6.45) is 3.15. The van der Waals surface area contributed by atoms with Gasteiger partial charge in [-0.25, -0.2) is 4.98 Å². The van der Waals surface area contributed by atoms with Crippen molar-refractivity contribution in [2.75, 3.05) is 44.7 Å². The van der Waals surface area contributed by atoms with Crippen LogP contribution in [0.3, 0.4) is 0 Å². The number of fused-ring (bicyclic) bond motifs is 1. The third-order valence-electron chi connectivity index (χ3n) is 6.68. The molecular weight excluding hydrogens is 400 g/mol. The lowest BCUT2D eigenvalue weighted by atomic mass is 10.0. The molecule has 0 spiro atoms. The van der Waals surface area contributed by atoms with E-state index in [4.69, 9.17) is 9.72 Å². The summed E-state index contributed by atoms with van der Waals surface area (Å²) < 4.78 is 8.47. The van der Waals surface area contributed by atoms with Gasteiger partial charge in [0.05, 0.1) is 17.6 Å². The Morgan fingerprint density at radius 1 is 1.00 bits per heavy atom. The number of aryl methyl sites for hydroxylation is 2. The Kier molecular flexibility index (Phi) is 6.89. The summed E-state index contributed by atoms with van der Waals surface area (Å²) in [5.41, 5.74) is 5.06. The Labute approximate surface area is 191 Å². The summed E-state index contributed by atoms with van der Waals surface area (Å²) >= 11 is 0. The summed E-state index contributed by atoms with van der Waals surface area (Å²) in [5, 5.41) is 10.1. The van der Waals surface area contributed by atoms with E-state index in [1.54, 1.807) is 0 Å². The number of aromatic hydroxyl groups is 1. The van der Waals surface area contributed by atoms with Gasteiger partial charge in [-0.05, 0) is 88.5 Å². The second-order valence-electron chi connectivity index (χ2n) is 9.04. The van der Waals surface area contributed by atoms with Gasteiger partial charge in [0.25, 0.3) is 0 Å². The highest BCUT2D eigenvalue weighted by atomic mass is 16.5. The van der Waals surface area contributed by atoms with E-state index < -0.39 is 0 Å². The third kappa shape index (κ3) is 4.70. The van der Waals surface area contributed by atoms with Crippen molar-refractivity contribution in [2.45, 2.75) is 46.6 Å². The van der Waals surface area contributed by atoms with E-state index in [0.29, 0.717) is 12.4 Å². The van der Waals surface area contributed by atoms with Gasteiger partial charge in [-0.2, -0.15) is 0 Å². The van der Waals surface area contributed by atoms with Crippen LogP contribution in [0, 0.1) is 20.8 Å². The fraction of sp³-hybridized carbons (Fsp3) is 0.500. The van der Waals surface area contributed by atoms with Crippen LogP contribution in [-0.2, 0) is 6.54 Å². The lowest BCUT2D eigenvalue weighted by Gasteiger charge is -2.23. The third-order valence-corrected chi connectivity index (χ3v) is 6.68. The minimum atomic E-state index is 0.370. The zero-order valence-electron chi connectivity index (χ0n) is 19.9. The molecule has 1 fully saturated rings. The SMILES string of the molecule is Cc1cc(OCCCCn2c(N3CCCN(C)CC3)nc3ccccc32)c(C)c(C)c1O. The van der Waals surface area contributed by atoms with Gasteiger partial charge in [0.2, 0.25) is 5.95 Å². The van der Waals surface area contributed by atoms with Crippen LogP contribution in [0.15, 0.2) is 30.3 Å². The second-order valence-corrected chi connectivity index (χ2v) is 9.04. The minimum Gasteiger partial charge on any atom is -0.507 e. The molecule has 0 unspecified atom stereocenters. The van der Waals surface area contributed by atoms with Crippen molar-refractivity contribution in [1.29, 1.82) is 0 Å². The van der Waals surface area contributed by atoms with E-state index in [-0.39, 0.29) is 0 Å². The number of hydrogen-bond acceptors (Lipinski definition) is 5. The summed E-state index contributed by atoms with van der Waals surface area (Å²) in [6, 6.07) is 10.4. The maximum Gasteiger partial charge on any atom is 0.206 e. The van der Waals surface area contributed by atoms with E-state index in [1.807, 2.05) is 26.8 Å². The molecule has 1 aliphatic heterocycles. The van der Waals surface area contributed by atoms with Gasteiger partial charge in [0, 0.05) is 26.2 Å². The minimum absolute atomic E-state index is 0.370. The molecule has 172 valence electrons. The molecule has 0 bridgehead atoms. The van der Waals surface area contributed by atoms with Crippen LogP contribution in [0.5, 0.6) is 11.5 Å². The van der Waals surface area contributed by atoms with E-state index in [2.05, 4.69) is 45.7 Å². The fourth-order valence-electron chi connectivity index (χ4n) is 4.51. The van der Waals surface area contributed by atoms with Gasteiger partial charge in [-0.1, -0.05) is 12.1 Å². The number of phenolic OH excluding ortho intramolecular Hbond substituents is 1. The molecule has 1 aliphatic rings. The first-order valence-electron chi connectivity index (χ1n) is 11.8. The Morgan fingerprint density at radius 3 is 2.66 bits per heavy atom. The zero-order chi connectivity index (χ0) is 22.7. The number of hydrogen-bond donors (Lipinski definition) is 1. The van der Waals surface area contributed by atoms with Crippen LogP contribution >= 0.6 is 0 Å². The highest BCUT2D eigenvalue weighted by molar-refractivity contribution is 5.78. The molecule has 4 rings (SSSR count). The molecule has 0 radical (unpaired) electrons. The topological polar surface area (TPSA) is 53.8 Å². The van der Waals surface area contributed by atoms with Gasteiger partial charge in [-0.15, -0.1) is 0 Å². The van der Waals surface area contributed by atoms with Crippen LogP contribution in [0.1, 0.15) is 36.0 Å². The summed E-state index contributed by atoms with van der Waals surface area (Å²) in [5.74, 6) is 2.34. The maximum absolute atomic E-state index is 10.1. The number of aromatic nitrogens is 2. The van der Waals surface area contributed by atoms with Crippen molar-refractivity contribution in [3.63, 3.8) is 0 Å². The van der Waals surface area contributed by atoms with Crippen LogP contribution in [0.25, 0.3) is 11.0 Å². The average Bonchev–Trinajstić information content (AvgIpc) is 3.01. The van der Waals surface area contributed by atoms with Gasteiger partial charge >= 0.3 is 0 Å². The number of benzene rings is 2. The molecule has 6 nitrogen and oxygen atoms in total. The number of unbranched alkanes of at least 4 members (excludes halogenated alkanes) is 1. The van der Waals surface area contributed by atoms with Crippen molar-refractivity contribution in [3.8, 4) is 11.5 Å². The number of anilines is 1. The predicted molar refractivity (Wildman–Crippen MR) is 131 cm³/mol. The molecule has 0 atom stereocenters. The summed E-state index contributed by atoms with van der Waals surface area (Å²) in [4.78, 5) is 9.86. The molecule has 0 aliphatic carbocycles. The lowest BCUT2D eigenvalue weighted by molar-refractivity contribution is 0.300. The van der Waals surface area contributed by atoms with Crippen molar-refractivity contribution in [3.05, 3.63) is 47.0 Å². The Hall–Kier alpha value is -2.73. The molecule has 1 saturated heterocycles. The lowest BCUT2D eigenvalue weighted by Crippen LogP contribution is -2.31. The van der Waals surface area contributed by atoms with Gasteiger partial charge in [0.1, 0.15) is 11.5 Å². The summed E-state index contributed by atoms with van der Waals surface area (Å²) in [6.45, 7) is 11.7. The van der Waals surface area contributed by atoms with Crippen molar-refractivity contribution < 1.29 is 9.84 Å². The molecule has 2 aromatic carbocycles. The van der Waals surface area contributed by atoms with E-state index in [9.17, 15) is 5.11 Å². The van der Waals surface area contributed by atoms with Crippen LogP contribution in [-0.4, -0.2) is 59.4 Å². The predicted octanol–water partition coefficient (Wildman–Crippen LogP) is 4.67. The van der Waals surface area contributed by atoms with Crippen molar-refractivity contribution in [2.24, 2.45) is 0 Å². The van der Waals surface area contributed by atoms with E-state index in [1.165, 1.54) is 11.9 Å². The van der Waals surface area contributed by atoms with Gasteiger partial charge in [-0.3, -0.25) is 0 Å². The smallest absolute Gasteiger partial charge is 0.206 e. The second kappa shape index (κ2) is 9.82. The fourth-order valence-corrected chi connectivity index (χ4v) is 4.51. The number of imidazole rings is 1. The Morgan fingerprint density at radius 2 is 1.81 bits per heavy atom. The first-order valence-corrected chi connectivity index (χ1v) is 11.8. The monoisotopic (exact) mass is 436 g/mol.